The second kappa shape index (κ2) is 11.1. The molecule has 0 radical (unpaired) electrons. The number of hydrogen-bond donors (Lipinski definition) is 2. The molecule has 1 aliphatic heterocycles. The molecule has 1 saturated heterocycles. The van der Waals surface area contributed by atoms with Crippen LogP contribution in [-0.2, 0) is 9.59 Å². The van der Waals surface area contributed by atoms with Crippen molar-refractivity contribution >= 4 is 81.0 Å². The Kier molecular flexibility index (Phi) is 7.97. The predicted octanol–water partition coefficient (Wildman–Crippen LogP) is 6.70. The third-order valence-corrected chi connectivity index (χ3v) is 6.56. The fourth-order valence-corrected chi connectivity index (χ4v) is 4.33. The van der Waals surface area contributed by atoms with Crippen molar-refractivity contribution < 1.29 is 18.7 Å². The summed E-state index contributed by atoms with van der Waals surface area (Å²) in [7, 11) is 0. The van der Waals surface area contributed by atoms with Crippen molar-refractivity contribution in [3.63, 3.8) is 0 Å². The van der Waals surface area contributed by atoms with Gasteiger partial charge in [-0.3, -0.25) is 9.59 Å². The minimum Gasteiger partial charge on any atom is -0.482 e. The lowest BCUT2D eigenvalue weighted by Crippen LogP contribution is -2.20. The van der Waals surface area contributed by atoms with E-state index in [0.29, 0.717) is 42.8 Å². The lowest BCUT2D eigenvalue weighted by Gasteiger charge is -2.09. The Morgan fingerprint density at radius 2 is 1.86 bits per heavy atom. The minimum atomic E-state index is -0.426. The molecule has 0 atom stereocenters. The van der Waals surface area contributed by atoms with E-state index in [0.717, 1.165) is 11.8 Å². The van der Waals surface area contributed by atoms with Gasteiger partial charge in [-0.2, -0.15) is 0 Å². The van der Waals surface area contributed by atoms with E-state index in [-0.39, 0.29) is 17.5 Å². The molecule has 1 heterocycles. The van der Waals surface area contributed by atoms with E-state index in [2.05, 4.69) is 15.6 Å². The average Bonchev–Trinajstić information content (AvgIpc) is 3.16. The summed E-state index contributed by atoms with van der Waals surface area (Å²) >= 11 is 19.6. The molecule has 0 aliphatic carbocycles. The summed E-state index contributed by atoms with van der Waals surface area (Å²) in [4.78, 5) is 29.2. The molecule has 35 heavy (non-hydrogen) atoms. The van der Waals surface area contributed by atoms with Gasteiger partial charge in [0, 0.05) is 5.69 Å². The van der Waals surface area contributed by atoms with E-state index < -0.39 is 11.7 Å². The summed E-state index contributed by atoms with van der Waals surface area (Å²) in [5.74, 6) is -0.849. The Bertz CT molecular complexity index is 1360. The molecule has 6 nitrogen and oxygen atoms in total. The third kappa shape index (κ3) is 6.55. The molecule has 11 heteroatoms. The molecule has 1 aliphatic rings. The number of ether oxygens (including phenoxy) is 1. The van der Waals surface area contributed by atoms with Gasteiger partial charge >= 0.3 is 0 Å². The number of thioether (sulfide) groups is 1. The molecule has 2 amide bonds. The Hall–Kier alpha value is -3.04. The van der Waals surface area contributed by atoms with Crippen LogP contribution in [-0.4, -0.2) is 23.6 Å². The van der Waals surface area contributed by atoms with Crippen LogP contribution in [0.15, 0.2) is 70.6 Å². The molecule has 4 rings (SSSR count). The fourth-order valence-electron chi connectivity index (χ4n) is 2.92. The zero-order valence-electron chi connectivity index (χ0n) is 17.7. The molecular weight excluding hydrogens is 536 g/mol. The average molecular weight is 551 g/mol. The number of carbonyl (C=O) groups excluding carboxylic acids is 2. The molecule has 0 aromatic heterocycles. The Morgan fingerprint density at radius 1 is 1.09 bits per heavy atom. The third-order valence-electron chi connectivity index (χ3n) is 4.54. The summed E-state index contributed by atoms with van der Waals surface area (Å²) < 4.78 is 18.4. The quantitative estimate of drug-likeness (QED) is 0.335. The number of halogens is 4. The van der Waals surface area contributed by atoms with Crippen molar-refractivity contribution in [3.8, 4) is 5.75 Å². The van der Waals surface area contributed by atoms with Gasteiger partial charge in [-0.1, -0.05) is 46.9 Å². The molecule has 3 aromatic carbocycles. The van der Waals surface area contributed by atoms with Gasteiger partial charge in [0.15, 0.2) is 11.8 Å². The van der Waals surface area contributed by atoms with Gasteiger partial charge < -0.3 is 15.4 Å². The molecule has 0 spiro atoms. The summed E-state index contributed by atoms with van der Waals surface area (Å²) in [6, 6.07) is 15.3. The minimum absolute atomic E-state index is 0.261. The van der Waals surface area contributed by atoms with Gasteiger partial charge in [-0.15, -0.1) is 0 Å². The highest BCUT2D eigenvalue weighted by Crippen LogP contribution is 2.35. The van der Waals surface area contributed by atoms with Crippen molar-refractivity contribution in [1.82, 2.24) is 5.32 Å². The number of aliphatic imine (C=N–C) groups is 1. The monoisotopic (exact) mass is 549 g/mol. The largest absolute Gasteiger partial charge is 0.482 e. The number of hydrogen-bond acceptors (Lipinski definition) is 5. The zero-order chi connectivity index (χ0) is 24.9. The molecule has 178 valence electrons. The van der Waals surface area contributed by atoms with Gasteiger partial charge in [-0.25, -0.2) is 9.38 Å². The topological polar surface area (TPSA) is 79.8 Å². The van der Waals surface area contributed by atoms with Crippen LogP contribution in [0, 0.1) is 5.82 Å². The summed E-state index contributed by atoms with van der Waals surface area (Å²) in [6.07, 6.45) is 1.65. The number of benzene rings is 3. The van der Waals surface area contributed by atoms with Crippen LogP contribution in [0.2, 0.25) is 15.1 Å². The second-order valence-corrected chi connectivity index (χ2v) is 9.31. The lowest BCUT2D eigenvalue weighted by atomic mass is 10.2. The van der Waals surface area contributed by atoms with Crippen molar-refractivity contribution in [2.24, 2.45) is 4.99 Å². The van der Waals surface area contributed by atoms with E-state index in [1.165, 1.54) is 24.3 Å². The van der Waals surface area contributed by atoms with Crippen LogP contribution >= 0.6 is 46.6 Å². The van der Waals surface area contributed by atoms with Gasteiger partial charge in [0.25, 0.3) is 11.8 Å². The van der Waals surface area contributed by atoms with Crippen molar-refractivity contribution in [2.45, 2.75) is 0 Å². The van der Waals surface area contributed by atoms with Gasteiger partial charge in [-0.05, 0) is 71.9 Å². The number of nitrogens with zero attached hydrogens (tertiary/aromatic N) is 1. The summed E-state index contributed by atoms with van der Waals surface area (Å²) in [5.41, 5.74) is 1.54. The predicted molar refractivity (Wildman–Crippen MR) is 139 cm³/mol. The van der Waals surface area contributed by atoms with Gasteiger partial charge in [0.2, 0.25) is 0 Å². The first-order valence-corrected chi connectivity index (χ1v) is 11.9. The Labute approximate surface area is 219 Å². The first kappa shape index (κ1) is 25.1. The molecule has 0 unspecified atom stereocenters. The maximum atomic E-state index is 13.0. The maximum absolute atomic E-state index is 13.0. The normalized spacial score (nSPS) is 15.4. The SMILES string of the molecule is O=C(COc1ccc(/C=C2/SC(=Nc3cccc(Cl)c3Cl)NC2=O)cc1Cl)Nc1ccc(F)cc1. The highest BCUT2D eigenvalue weighted by atomic mass is 35.5. The molecule has 2 N–H and O–H groups in total. The zero-order valence-corrected chi connectivity index (χ0v) is 20.7. The molecule has 1 fully saturated rings. The number of carbonyl (C=O) groups is 2. The number of anilines is 1. The van der Waals surface area contributed by atoms with E-state index in [1.54, 1.807) is 42.5 Å². The first-order valence-electron chi connectivity index (χ1n) is 10.00. The maximum Gasteiger partial charge on any atom is 0.264 e. The van der Waals surface area contributed by atoms with Gasteiger partial charge in [0.05, 0.1) is 25.7 Å². The van der Waals surface area contributed by atoms with Crippen LogP contribution in [0.25, 0.3) is 6.08 Å². The van der Waals surface area contributed by atoms with Crippen molar-refractivity contribution in [3.05, 3.63) is 92.0 Å². The van der Waals surface area contributed by atoms with Crippen LogP contribution in [0.1, 0.15) is 5.56 Å². The number of nitrogens with one attached hydrogen (secondary N) is 2. The van der Waals surface area contributed by atoms with E-state index in [9.17, 15) is 14.0 Å². The molecule has 0 saturated carbocycles. The molecule has 0 bridgehead atoms. The highest BCUT2D eigenvalue weighted by Gasteiger charge is 2.24. The number of rotatable bonds is 6. The van der Waals surface area contributed by atoms with Crippen molar-refractivity contribution in [1.29, 1.82) is 0 Å². The van der Waals surface area contributed by atoms with Crippen LogP contribution in [0.5, 0.6) is 5.75 Å². The lowest BCUT2D eigenvalue weighted by molar-refractivity contribution is -0.118. The van der Waals surface area contributed by atoms with Crippen LogP contribution in [0.4, 0.5) is 15.8 Å². The number of amides is 2. The molecule has 3 aromatic rings. The number of amidine groups is 1. The molecular formula is C24H15Cl3FN3O3S. The first-order chi connectivity index (χ1) is 16.8. The van der Waals surface area contributed by atoms with E-state index in [4.69, 9.17) is 39.5 Å². The van der Waals surface area contributed by atoms with Crippen LogP contribution < -0.4 is 15.4 Å². The smallest absolute Gasteiger partial charge is 0.264 e. The Morgan fingerprint density at radius 3 is 2.60 bits per heavy atom. The summed E-state index contributed by atoms with van der Waals surface area (Å²) in [5, 5.41) is 6.56. The van der Waals surface area contributed by atoms with Gasteiger partial charge in [0.1, 0.15) is 11.6 Å². The Balaban J connectivity index is 1.39. The fraction of sp³-hybridized carbons (Fsp3) is 0.0417. The standard InChI is InChI=1S/C24H15Cl3FN3O3S/c25-16-2-1-3-18(22(16)27)30-24-31-23(33)20(35-24)11-13-4-9-19(17(26)10-13)34-12-21(32)29-15-7-5-14(28)6-8-15/h1-11H,12H2,(H,29,32)(H,30,31,33)/b20-11+. The second-order valence-electron chi connectivity index (χ2n) is 7.09. The van der Waals surface area contributed by atoms with Crippen molar-refractivity contribution in [2.75, 3.05) is 11.9 Å². The summed E-state index contributed by atoms with van der Waals surface area (Å²) in [6.45, 7) is -0.290. The van der Waals surface area contributed by atoms with E-state index in [1.807, 2.05) is 0 Å². The van der Waals surface area contributed by atoms with Crippen LogP contribution in [0.3, 0.4) is 0 Å². The van der Waals surface area contributed by atoms with E-state index >= 15 is 0 Å². The highest BCUT2D eigenvalue weighted by molar-refractivity contribution is 8.18.